The molecule has 5 heteroatoms. The Kier molecular flexibility index (Phi) is 4.56. The molecule has 0 saturated carbocycles. The molecule has 0 amide bonds. The lowest BCUT2D eigenvalue weighted by Gasteiger charge is -2.07. The first-order valence-electron chi connectivity index (χ1n) is 6.50. The van der Waals surface area contributed by atoms with Gasteiger partial charge < -0.3 is 5.32 Å². The Bertz CT molecular complexity index is 543. The molecule has 0 fully saturated rings. The summed E-state index contributed by atoms with van der Waals surface area (Å²) in [5.41, 5.74) is 3.01. The van der Waals surface area contributed by atoms with Gasteiger partial charge in [-0.1, -0.05) is 18.5 Å². The average molecular weight is 279 g/mol. The molecule has 19 heavy (non-hydrogen) atoms. The summed E-state index contributed by atoms with van der Waals surface area (Å²) in [5, 5.41) is 8.41. The fraction of sp³-hybridized carbons (Fsp3) is 0.429. The van der Waals surface area contributed by atoms with E-state index in [1.807, 2.05) is 19.9 Å². The van der Waals surface area contributed by atoms with Crippen LogP contribution in [0.3, 0.4) is 0 Å². The van der Waals surface area contributed by atoms with Crippen molar-refractivity contribution in [2.45, 2.75) is 33.7 Å². The molecule has 2 heterocycles. The third kappa shape index (κ3) is 3.55. The molecule has 2 aromatic rings. The maximum atomic E-state index is 6.04. The number of hydrogen-bond acceptors (Lipinski definition) is 3. The maximum Gasteiger partial charge on any atom is 0.153 e. The summed E-state index contributed by atoms with van der Waals surface area (Å²) in [6, 6.07) is 4.13. The van der Waals surface area contributed by atoms with Crippen LogP contribution >= 0.6 is 11.6 Å². The molecule has 1 N–H and O–H groups in total. The van der Waals surface area contributed by atoms with Crippen molar-refractivity contribution in [1.29, 1.82) is 0 Å². The predicted molar refractivity (Wildman–Crippen MR) is 77.8 cm³/mol. The Morgan fingerprint density at radius 2 is 2.11 bits per heavy atom. The highest BCUT2D eigenvalue weighted by Gasteiger charge is 2.07. The minimum Gasteiger partial charge on any atom is -0.313 e. The molecule has 0 aromatic carbocycles. The molecule has 0 aliphatic carbocycles. The zero-order chi connectivity index (χ0) is 13.8. The highest BCUT2D eigenvalue weighted by Crippen LogP contribution is 2.16. The average Bonchev–Trinajstić information content (AvgIpc) is 2.69. The monoisotopic (exact) mass is 278 g/mol. The van der Waals surface area contributed by atoms with Crippen molar-refractivity contribution in [3.8, 4) is 5.82 Å². The molecule has 0 unspecified atom stereocenters. The number of nitrogens with zero attached hydrogens (tertiary/aromatic N) is 3. The lowest BCUT2D eigenvalue weighted by atomic mass is 10.2. The molecule has 0 radical (unpaired) electrons. The molecule has 102 valence electrons. The molecular weight excluding hydrogens is 260 g/mol. The van der Waals surface area contributed by atoms with Gasteiger partial charge in [-0.15, -0.1) is 0 Å². The summed E-state index contributed by atoms with van der Waals surface area (Å²) in [6.45, 7) is 7.90. The second-order valence-corrected chi connectivity index (χ2v) is 5.07. The molecule has 0 spiro atoms. The van der Waals surface area contributed by atoms with Crippen LogP contribution < -0.4 is 5.32 Å². The predicted octanol–water partition coefficient (Wildman–Crippen LogP) is 3.04. The summed E-state index contributed by atoms with van der Waals surface area (Å²) in [7, 11) is 0. The number of aromatic nitrogens is 3. The van der Waals surface area contributed by atoms with Crippen LogP contribution in [0.5, 0.6) is 0 Å². The zero-order valence-electron chi connectivity index (χ0n) is 11.6. The van der Waals surface area contributed by atoms with Gasteiger partial charge in [-0.25, -0.2) is 9.67 Å². The van der Waals surface area contributed by atoms with Crippen LogP contribution in [-0.2, 0) is 6.54 Å². The van der Waals surface area contributed by atoms with Gasteiger partial charge in [-0.05, 0) is 44.5 Å². The largest absolute Gasteiger partial charge is 0.313 e. The van der Waals surface area contributed by atoms with Crippen LogP contribution in [0.25, 0.3) is 5.82 Å². The fourth-order valence-electron chi connectivity index (χ4n) is 1.91. The van der Waals surface area contributed by atoms with Crippen molar-refractivity contribution in [3.63, 3.8) is 0 Å². The maximum absolute atomic E-state index is 6.04. The molecule has 4 nitrogen and oxygen atoms in total. The standard InChI is InChI=1S/C14H19ClN4/c1-4-5-16-8-12-6-10(2)17-14(7-12)19-9-13(15)11(3)18-19/h6-7,9,16H,4-5,8H2,1-3H3. The molecular formula is C14H19ClN4. The van der Waals surface area contributed by atoms with Crippen LogP contribution in [0, 0.1) is 13.8 Å². The van der Waals surface area contributed by atoms with Crippen molar-refractivity contribution in [2.24, 2.45) is 0 Å². The molecule has 2 rings (SSSR count). The molecule has 2 aromatic heterocycles. The van der Waals surface area contributed by atoms with Crippen molar-refractivity contribution < 1.29 is 0 Å². The van der Waals surface area contributed by atoms with E-state index in [-0.39, 0.29) is 0 Å². The van der Waals surface area contributed by atoms with E-state index in [2.05, 4.69) is 28.4 Å². The highest BCUT2D eigenvalue weighted by atomic mass is 35.5. The van der Waals surface area contributed by atoms with Crippen LogP contribution in [0.4, 0.5) is 0 Å². The number of halogens is 1. The third-order valence-corrected chi connectivity index (χ3v) is 3.20. The van der Waals surface area contributed by atoms with E-state index in [9.17, 15) is 0 Å². The van der Waals surface area contributed by atoms with Gasteiger partial charge in [0.1, 0.15) is 0 Å². The van der Waals surface area contributed by atoms with E-state index in [0.29, 0.717) is 5.02 Å². The van der Waals surface area contributed by atoms with E-state index in [1.165, 1.54) is 5.56 Å². The van der Waals surface area contributed by atoms with Crippen molar-refractivity contribution in [3.05, 3.63) is 40.3 Å². The quantitative estimate of drug-likeness (QED) is 0.855. The van der Waals surface area contributed by atoms with Crippen LogP contribution in [0.1, 0.15) is 30.3 Å². The van der Waals surface area contributed by atoms with E-state index in [0.717, 1.165) is 36.7 Å². The Morgan fingerprint density at radius 1 is 1.32 bits per heavy atom. The second kappa shape index (κ2) is 6.17. The highest BCUT2D eigenvalue weighted by molar-refractivity contribution is 6.31. The molecule has 0 saturated heterocycles. The Morgan fingerprint density at radius 3 is 2.74 bits per heavy atom. The lowest BCUT2D eigenvalue weighted by molar-refractivity contribution is 0.673. The van der Waals surface area contributed by atoms with E-state index < -0.39 is 0 Å². The smallest absolute Gasteiger partial charge is 0.153 e. The number of aryl methyl sites for hydroxylation is 2. The van der Waals surface area contributed by atoms with Gasteiger partial charge in [0.15, 0.2) is 5.82 Å². The van der Waals surface area contributed by atoms with Gasteiger partial charge in [-0.3, -0.25) is 0 Å². The van der Waals surface area contributed by atoms with Crippen LogP contribution in [-0.4, -0.2) is 21.3 Å². The van der Waals surface area contributed by atoms with Gasteiger partial charge in [0.05, 0.1) is 16.9 Å². The topological polar surface area (TPSA) is 42.7 Å². The first kappa shape index (κ1) is 14.0. The number of rotatable bonds is 5. The summed E-state index contributed by atoms with van der Waals surface area (Å²) >= 11 is 6.04. The SMILES string of the molecule is CCCNCc1cc(C)nc(-n2cc(Cl)c(C)n2)c1. The first-order valence-corrected chi connectivity index (χ1v) is 6.88. The van der Waals surface area contributed by atoms with Crippen molar-refractivity contribution >= 4 is 11.6 Å². The molecule has 0 aliphatic heterocycles. The Balaban J connectivity index is 2.25. The minimum absolute atomic E-state index is 0.661. The summed E-state index contributed by atoms with van der Waals surface area (Å²) in [4.78, 5) is 4.50. The number of pyridine rings is 1. The third-order valence-electron chi connectivity index (χ3n) is 2.83. The minimum atomic E-state index is 0.661. The van der Waals surface area contributed by atoms with Crippen LogP contribution in [0.15, 0.2) is 18.3 Å². The molecule has 0 aliphatic rings. The zero-order valence-corrected chi connectivity index (χ0v) is 12.3. The molecule has 0 bridgehead atoms. The van der Waals surface area contributed by atoms with E-state index in [4.69, 9.17) is 11.6 Å². The van der Waals surface area contributed by atoms with Gasteiger partial charge in [0.2, 0.25) is 0 Å². The normalized spacial score (nSPS) is 10.9. The first-order chi connectivity index (χ1) is 9.10. The lowest BCUT2D eigenvalue weighted by Crippen LogP contribution is -2.14. The number of hydrogen-bond donors (Lipinski definition) is 1. The Hall–Kier alpha value is -1.39. The van der Waals surface area contributed by atoms with Crippen LogP contribution in [0.2, 0.25) is 5.02 Å². The summed E-state index contributed by atoms with van der Waals surface area (Å²) < 4.78 is 1.73. The Labute approximate surface area is 118 Å². The second-order valence-electron chi connectivity index (χ2n) is 4.66. The summed E-state index contributed by atoms with van der Waals surface area (Å²) in [6.07, 6.45) is 2.92. The van der Waals surface area contributed by atoms with E-state index in [1.54, 1.807) is 10.9 Å². The fourth-order valence-corrected chi connectivity index (χ4v) is 2.04. The van der Waals surface area contributed by atoms with Crippen molar-refractivity contribution in [1.82, 2.24) is 20.1 Å². The van der Waals surface area contributed by atoms with Gasteiger partial charge >= 0.3 is 0 Å². The van der Waals surface area contributed by atoms with Gasteiger partial charge in [0.25, 0.3) is 0 Å². The van der Waals surface area contributed by atoms with Crippen molar-refractivity contribution in [2.75, 3.05) is 6.54 Å². The van der Waals surface area contributed by atoms with E-state index >= 15 is 0 Å². The van der Waals surface area contributed by atoms with Gasteiger partial charge in [0, 0.05) is 12.2 Å². The van der Waals surface area contributed by atoms with Gasteiger partial charge in [-0.2, -0.15) is 5.10 Å². The number of nitrogens with one attached hydrogen (secondary N) is 1. The molecule has 0 atom stereocenters. The summed E-state index contributed by atoms with van der Waals surface area (Å²) in [5.74, 6) is 0.809.